The summed E-state index contributed by atoms with van der Waals surface area (Å²) in [5, 5.41) is 9.37. The maximum atomic E-state index is 12.2. The quantitative estimate of drug-likeness (QED) is 0.451. The van der Waals surface area contributed by atoms with Crippen LogP contribution in [0.5, 0.6) is 0 Å². The second-order valence-corrected chi connectivity index (χ2v) is 7.61. The lowest BCUT2D eigenvalue weighted by molar-refractivity contribution is -0.139. The Bertz CT molecular complexity index is 659. The molecule has 0 aliphatic carbocycles. The molecule has 0 amide bonds. The highest BCUT2D eigenvalue weighted by molar-refractivity contribution is 8.24. The van der Waals surface area contributed by atoms with Gasteiger partial charge in [-0.15, -0.1) is 0 Å². The van der Waals surface area contributed by atoms with Crippen LogP contribution in [0, 0.1) is 25.2 Å². The minimum absolute atomic E-state index is 0.0192. The molecular formula is C17H19NO3S2. The number of carbonyl (C=O) groups is 1. The molecular weight excluding hydrogens is 330 g/mol. The van der Waals surface area contributed by atoms with E-state index in [1.165, 1.54) is 23.5 Å². The lowest BCUT2D eigenvalue weighted by Gasteiger charge is -2.09. The van der Waals surface area contributed by atoms with Crippen molar-refractivity contribution in [3.8, 4) is 6.07 Å². The molecule has 1 atom stereocenters. The number of thioether (sulfide) groups is 2. The highest BCUT2D eigenvalue weighted by Crippen LogP contribution is 2.54. The van der Waals surface area contributed by atoms with Crippen molar-refractivity contribution in [3.63, 3.8) is 0 Å². The first-order valence-electron chi connectivity index (χ1n) is 7.28. The Balaban J connectivity index is 2.14. The normalized spacial score (nSPS) is 14.1. The molecule has 1 unspecified atom stereocenters. The van der Waals surface area contributed by atoms with E-state index in [1.54, 1.807) is 7.11 Å². The van der Waals surface area contributed by atoms with Crippen LogP contribution in [0.1, 0.15) is 24.5 Å². The molecule has 0 radical (unpaired) electrons. The summed E-state index contributed by atoms with van der Waals surface area (Å²) in [6.45, 7) is 6.21. The molecule has 0 aromatic heterocycles. The van der Waals surface area contributed by atoms with Crippen LogP contribution in [0.25, 0.3) is 0 Å². The topological polar surface area (TPSA) is 59.3 Å². The summed E-state index contributed by atoms with van der Waals surface area (Å²) in [6.07, 6.45) is 0.625. The lowest BCUT2D eigenvalue weighted by atomic mass is 10.2. The summed E-state index contributed by atoms with van der Waals surface area (Å²) in [7, 11) is 1.61. The third-order valence-corrected chi connectivity index (χ3v) is 6.44. The molecule has 0 N–H and O–H groups in total. The summed E-state index contributed by atoms with van der Waals surface area (Å²) < 4.78 is 11.0. The van der Waals surface area contributed by atoms with E-state index in [9.17, 15) is 10.1 Å². The smallest absolute Gasteiger partial charge is 0.350 e. The molecule has 0 saturated carbocycles. The van der Waals surface area contributed by atoms with Crippen LogP contribution in [0.3, 0.4) is 0 Å². The maximum absolute atomic E-state index is 12.2. The van der Waals surface area contributed by atoms with Gasteiger partial charge in [-0.05, 0) is 31.9 Å². The second-order valence-electron chi connectivity index (χ2n) is 5.31. The molecule has 1 aliphatic rings. The largest absolute Gasteiger partial charge is 0.461 e. The van der Waals surface area contributed by atoms with E-state index in [0.29, 0.717) is 10.7 Å². The number of carbonyl (C=O) groups excluding carboxylic acids is 1. The fraction of sp³-hybridized carbons (Fsp3) is 0.412. The van der Waals surface area contributed by atoms with Crippen LogP contribution in [0.15, 0.2) is 31.7 Å². The van der Waals surface area contributed by atoms with E-state index in [4.69, 9.17) is 9.47 Å². The fourth-order valence-electron chi connectivity index (χ4n) is 2.00. The third-order valence-electron chi connectivity index (χ3n) is 3.58. The van der Waals surface area contributed by atoms with Gasteiger partial charge in [-0.3, -0.25) is 0 Å². The Kier molecular flexibility index (Phi) is 6.17. The van der Waals surface area contributed by atoms with Gasteiger partial charge in [-0.25, -0.2) is 4.79 Å². The van der Waals surface area contributed by atoms with Crippen LogP contribution in [-0.4, -0.2) is 25.8 Å². The number of aryl methyl sites for hydroxylation is 2. The van der Waals surface area contributed by atoms with E-state index in [-0.39, 0.29) is 18.3 Å². The monoisotopic (exact) mass is 349 g/mol. The lowest BCUT2D eigenvalue weighted by Crippen LogP contribution is -2.14. The Morgan fingerprint density at radius 1 is 1.26 bits per heavy atom. The zero-order chi connectivity index (χ0) is 17.0. The Morgan fingerprint density at radius 2 is 1.83 bits per heavy atom. The second kappa shape index (κ2) is 7.91. The minimum Gasteiger partial charge on any atom is -0.461 e. The Hall–Kier alpha value is -1.42. The van der Waals surface area contributed by atoms with E-state index in [1.807, 2.05) is 26.8 Å². The number of hydrogen-bond acceptors (Lipinski definition) is 6. The van der Waals surface area contributed by atoms with Crippen LogP contribution in [0.4, 0.5) is 0 Å². The molecule has 122 valence electrons. The molecule has 0 spiro atoms. The van der Waals surface area contributed by atoms with Gasteiger partial charge >= 0.3 is 5.97 Å². The number of rotatable bonds is 5. The van der Waals surface area contributed by atoms with E-state index >= 15 is 0 Å². The van der Waals surface area contributed by atoms with Crippen molar-refractivity contribution in [3.05, 3.63) is 33.1 Å². The first-order chi connectivity index (χ1) is 11.0. The SMILES string of the molecule is COC(C)CCOC(=O)C(C#N)=C1Sc2c(C)ccc(C)c2S1. The Morgan fingerprint density at radius 3 is 2.30 bits per heavy atom. The van der Waals surface area contributed by atoms with Crippen molar-refractivity contribution in [2.75, 3.05) is 13.7 Å². The molecule has 1 aromatic carbocycles. The predicted molar refractivity (Wildman–Crippen MR) is 92.3 cm³/mol. The van der Waals surface area contributed by atoms with Gasteiger partial charge in [0.25, 0.3) is 0 Å². The molecule has 1 aromatic rings. The summed E-state index contributed by atoms with van der Waals surface area (Å²) in [4.78, 5) is 14.4. The molecule has 2 rings (SSSR count). The first-order valence-corrected chi connectivity index (χ1v) is 8.91. The van der Waals surface area contributed by atoms with Gasteiger partial charge < -0.3 is 9.47 Å². The van der Waals surface area contributed by atoms with Gasteiger partial charge in [-0.2, -0.15) is 5.26 Å². The molecule has 1 heterocycles. The van der Waals surface area contributed by atoms with Gasteiger partial charge in [0.1, 0.15) is 6.07 Å². The van der Waals surface area contributed by atoms with E-state index in [2.05, 4.69) is 12.1 Å². The molecule has 0 fully saturated rings. The summed E-state index contributed by atoms with van der Waals surface area (Å²) in [6, 6.07) is 6.12. The van der Waals surface area contributed by atoms with Crippen LogP contribution in [-0.2, 0) is 14.3 Å². The molecule has 0 saturated heterocycles. The van der Waals surface area contributed by atoms with Crippen LogP contribution < -0.4 is 0 Å². The van der Waals surface area contributed by atoms with Gasteiger partial charge in [-0.1, -0.05) is 35.7 Å². The number of ether oxygens (including phenoxy) is 2. The summed E-state index contributed by atoms with van der Waals surface area (Å²) in [5.74, 6) is -0.561. The van der Waals surface area contributed by atoms with Crippen molar-refractivity contribution in [1.29, 1.82) is 5.26 Å². The van der Waals surface area contributed by atoms with Crippen molar-refractivity contribution in [1.82, 2.24) is 0 Å². The van der Waals surface area contributed by atoms with Crippen molar-refractivity contribution < 1.29 is 14.3 Å². The van der Waals surface area contributed by atoms with Gasteiger partial charge in [0.15, 0.2) is 5.57 Å². The minimum atomic E-state index is -0.561. The van der Waals surface area contributed by atoms with E-state index in [0.717, 1.165) is 20.9 Å². The number of methoxy groups -OCH3 is 1. The standard InChI is InChI=1S/C17H19NO3S2/c1-10-5-6-11(2)15-14(10)22-17(23-15)13(9-18)16(19)21-8-7-12(3)20-4/h5-6,12H,7-8H2,1-4H3. The highest BCUT2D eigenvalue weighted by atomic mass is 32.2. The van der Waals surface area contributed by atoms with Crippen molar-refractivity contribution in [2.24, 2.45) is 0 Å². The zero-order valence-electron chi connectivity index (χ0n) is 13.6. The molecule has 23 heavy (non-hydrogen) atoms. The fourth-order valence-corrected chi connectivity index (χ4v) is 4.72. The average Bonchev–Trinajstić information content (AvgIpc) is 2.97. The number of nitriles is 1. The highest BCUT2D eigenvalue weighted by Gasteiger charge is 2.27. The molecule has 1 aliphatic heterocycles. The Labute approximate surface area is 145 Å². The van der Waals surface area contributed by atoms with E-state index < -0.39 is 5.97 Å². The molecule has 4 nitrogen and oxygen atoms in total. The number of esters is 1. The molecule has 6 heteroatoms. The predicted octanol–water partition coefficient (Wildman–Crippen LogP) is 4.20. The number of hydrogen-bond donors (Lipinski definition) is 0. The van der Waals surface area contributed by atoms with Crippen molar-refractivity contribution in [2.45, 2.75) is 43.1 Å². The number of nitrogens with zero attached hydrogens (tertiary/aromatic N) is 1. The van der Waals surface area contributed by atoms with Gasteiger partial charge in [0, 0.05) is 23.3 Å². The number of fused-ring (bicyclic) bond motifs is 1. The van der Waals surface area contributed by atoms with Gasteiger partial charge in [0.2, 0.25) is 0 Å². The zero-order valence-corrected chi connectivity index (χ0v) is 15.3. The first kappa shape index (κ1) is 17.9. The maximum Gasteiger partial charge on any atom is 0.350 e. The van der Waals surface area contributed by atoms with Crippen LogP contribution in [0.2, 0.25) is 0 Å². The average molecular weight is 349 g/mol. The summed E-state index contributed by atoms with van der Waals surface area (Å²) in [5.41, 5.74) is 2.38. The van der Waals surface area contributed by atoms with Gasteiger partial charge in [0.05, 0.1) is 16.9 Å². The number of benzene rings is 1. The summed E-state index contributed by atoms with van der Waals surface area (Å²) >= 11 is 2.95. The molecule has 0 bridgehead atoms. The third kappa shape index (κ3) is 4.11. The van der Waals surface area contributed by atoms with Crippen molar-refractivity contribution >= 4 is 29.5 Å². The van der Waals surface area contributed by atoms with Crippen LogP contribution >= 0.6 is 23.5 Å².